The zero-order chi connectivity index (χ0) is 28.5. The molecule has 40 heavy (non-hydrogen) atoms. The van der Waals surface area contributed by atoms with Gasteiger partial charge in [-0.25, -0.2) is 9.37 Å². The lowest BCUT2D eigenvalue weighted by molar-refractivity contribution is 0.00891. The quantitative estimate of drug-likeness (QED) is 0.317. The van der Waals surface area contributed by atoms with Crippen LogP contribution < -0.4 is 20.5 Å². The van der Waals surface area contributed by atoms with Gasteiger partial charge < -0.3 is 30.7 Å². The van der Waals surface area contributed by atoms with Crippen LogP contribution in [0.15, 0.2) is 54.6 Å². The molecule has 0 radical (unpaired) electrons. The molecule has 1 aliphatic carbocycles. The molecule has 5 N–H and O–H groups in total. The van der Waals surface area contributed by atoms with E-state index in [1.165, 1.54) is 0 Å². The molecule has 1 aliphatic heterocycles. The fraction of sp³-hybridized carbons (Fsp3) is 0.419. The minimum absolute atomic E-state index is 0.0703. The topological polar surface area (TPSA) is 127 Å². The summed E-state index contributed by atoms with van der Waals surface area (Å²) >= 11 is 0. The van der Waals surface area contributed by atoms with Crippen LogP contribution in [0, 0.1) is 5.82 Å². The number of nitrogens with one attached hydrogen (secondary N) is 1. The molecular formula is C31H36FN3O5. The van der Waals surface area contributed by atoms with Gasteiger partial charge in [0.05, 0.1) is 23.5 Å². The molecule has 212 valence electrons. The van der Waals surface area contributed by atoms with Gasteiger partial charge >= 0.3 is 0 Å². The Bertz CT molecular complexity index is 1370. The Hall–Kier alpha value is -3.53. The first-order chi connectivity index (χ1) is 19.1. The van der Waals surface area contributed by atoms with Crippen molar-refractivity contribution in [3.63, 3.8) is 0 Å². The average molecular weight is 550 g/mol. The van der Waals surface area contributed by atoms with E-state index in [1.807, 2.05) is 55.5 Å². The number of aliphatic hydroxyl groups is 2. The molecule has 2 aromatic carbocycles. The van der Waals surface area contributed by atoms with Gasteiger partial charge in [0.25, 0.3) is 11.8 Å². The number of fused-ring (bicyclic) bond motifs is 1. The highest BCUT2D eigenvalue weighted by atomic mass is 19.1. The second-order valence-electron chi connectivity index (χ2n) is 11.1. The fourth-order valence-electron chi connectivity index (χ4n) is 5.97. The Kier molecular flexibility index (Phi) is 7.81. The molecule has 2 heterocycles. The third-order valence-corrected chi connectivity index (χ3v) is 8.26. The highest BCUT2D eigenvalue weighted by Crippen LogP contribution is 2.53. The Morgan fingerprint density at radius 2 is 1.93 bits per heavy atom. The van der Waals surface area contributed by atoms with Gasteiger partial charge in [-0.15, -0.1) is 0 Å². The lowest BCUT2D eigenvalue weighted by atomic mass is 9.77. The number of hydrogen-bond donors (Lipinski definition) is 4. The molecule has 8 nitrogen and oxygen atoms in total. The summed E-state index contributed by atoms with van der Waals surface area (Å²) in [4.78, 5) is 16.8. The van der Waals surface area contributed by atoms with E-state index >= 15 is 0 Å². The molecule has 0 bridgehead atoms. The second-order valence-corrected chi connectivity index (χ2v) is 11.1. The van der Waals surface area contributed by atoms with E-state index in [1.54, 1.807) is 0 Å². The van der Waals surface area contributed by atoms with Crippen molar-refractivity contribution >= 4 is 5.91 Å². The van der Waals surface area contributed by atoms with E-state index in [-0.39, 0.29) is 42.3 Å². The van der Waals surface area contributed by atoms with Crippen molar-refractivity contribution in [1.29, 1.82) is 0 Å². The van der Waals surface area contributed by atoms with Crippen molar-refractivity contribution in [2.75, 3.05) is 19.8 Å². The number of primary amides is 1. The molecule has 1 amide bonds. The van der Waals surface area contributed by atoms with Gasteiger partial charge in [-0.05, 0) is 50.3 Å². The number of aliphatic hydroxyl groups excluding tert-OH is 1. The zero-order valence-corrected chi connectivity index (χ0v) is 22.8. The van der Waals surface area contributed by atoms with Crippen molar-refractivity contribution in [2.24, 2.45) is 5.73 Å². The number of nitrogens with zero attached hydrogens (tertiary/aromatic N) is 1. The van der Waals surface area contributed by atoms with Crippen molar-refractivity contribution in [3.8, 4) is 22.9 Å². The summed E-state index contributed by atoms with van der Waals surface area (Å²) in [7, 11) is 0. The molecule has 1 saturated carbocycles. The summed E-state index contributed by atoms with van der Waals surface area (Å²) in [5.41, 5.74) is 6.80. The predicted molar refractivity (Wildman–Crippen MR) is 149 cm³/mol. The first-order valence-corrected chi connectivity index (χ1v) is 13.7. The number of aromatic nitrogens is 1. The number of carbonyl (C=O) groups excluding carboxylic acids is 1. The normalized spacial score (nSPS) is 25.7. The van der Waals surface area contributed by atoms with E-state index in [4.69, 9.17) is 20.3 Å². The van der Waals surface area contributed by atoms with Crippen LogP contribution in [0.2, 0.25) is 0 Å². The van der Waals surface area contributed by atoms with E-state index < -0.39 is 22.9 Å². The van der Waals surface area contributed by atoms with Gasteiger partial charge in [0.1, 0.15) is 12.4 Å². The van der Waals surface area contributed by atoms with Crippen LogP contribution in [0.3, 0.4) is 0 Å². The van der Waals surface area contributed by atoms with E-state index in [9.17, 15) is 14.3 Å². The van der Waals surface area contributed by atoms with Crippen molar-refractivity contribution in [3.05, 3.63) is 77.1 Å². The Morgan fingerprint density at radius 1 is 1.20 bits per heavy atom. The maximum absolute atomic E-state index is 14.7. The number of ether oxygens (including phenoxy) is 2. The second kappa shape index (κ2) is 11.2. The summed E-state index contributed by atoms with van der Waals surface area (Å²) in [5, 5.41) is 23.3. The van der Waals surface area contributed by atoms with Gasteiger partial charge in [-0.2, -0.15) is 0 Å². The number of halogens is 1. The highest BCUT2D eigenvalue weighted by Gasteiger charge is 2.49. The molecule has 2 unspecified atom stereocenters. The van der Waals surface area contributed by atoms with Gasteiger partial charge in [-0.3, -0.25) is 4.79 Å². The molecule has 1 fully saturated rings. The third-order valence-electron chi connectivity index (χ3n) is 8.26. The number of pyridine rings is 1. The summed E-state index contributed by atoms with van der Waals surface area (Å²) in [5.74, 6) is -1.53. The molecule has 0 spiro atoms. The molecule has 5 rings (SSSR count). The van der Waals surface area contributed by atoms with Crippen LogP contribution in [-0.4, -0.2) is 52.5 Å². The zero-order valence-electron chi connectivity index (χ0n) is 22.8. The van der Waals surface area contributed by atoms with Crippen LogP contribution in [0.4, 0.5) is 4.39 Å². The van der Waals surface area contributed by atoms with Crippen LogP contribution in [0.25, 0.3) is 11.3 Å². The summed E-state index contributed by atoms with van der Waals surface area (Å²) < 4.78 is 26.8. The number of amides is 1. The van der Waals surface area contributed by atoms with Crippen molar-refractivity contribution in [2.45, 2.75) is 62.7 Å². The Balaban J connectivity index is 1.56. The summed E-state index contributed by atoms with van der Waals surface area (Å²) in [6.45, 7) is 4.02. The lowest BCUT2D eigenvalue weighted by Gasteiger charge is -2.38. The number of benzene rings is 2. The van der Waals surface area contributed by atoms with Crippen LogP contribution in [-0.2, 0) is 5.60 Å². The summed E-state index contributed by atoms with van der Waals surface area (Å²) in [6, 6.07) is 16.8. The third kappa shape index (κ3) is 5.29. The highest BCUT2D eigenvalue weighted by molar-refractivity contribution is 5.99. The number of nitrogens with two attached hydrogens (primary N) is 1. The molecule has 9 heteroatoms. The largest absolute Gasteiger partial charge is 0.480 e. The van der Waals surface area contributed by atoms with Crippen LogP contribution in [0.5, 0.6) is 11.6 Å². The molecule has 0 saturated heterocycles. The number of carbonyl (C=O) groups is 1. The first-order valence-electron chi connectivity index (χ1n) is 13.7. The molecule has 2 atom stereocenters. The maximum atomic E-state index is 14.7. The van der Waals surface area contributed by atoms with E-state index in [0.29, 0.717) is 17.9 Å². The predicted octanol–water partition coefficient (Wildman–Crippen LogP) is 4.03. The molecule has 2 aliphatic rings. The van der Waals surface area contributed by atoms with Crippen molar-refractivity contribution < 1.29 is 28.9 Å². The Labute approximate surface area is 233 Å². The van der Waals surface area contributed by atoms with Crippen LogP contribution >= 0.6 is 0 Å². The number of hydrogen-bond acceptors (Lipinski definition) is 7. The number of rotatable bonds is 9. The van der Waals surface area contributed by atoms with E-state index in [0.717, 1.165) is 42.9 Å². The van der Waals surface area contributed by atoms with Crippen molar-refractivity contribution in [1.82, 2.24) is 10.3 Å². The standard InChI is InChI=1S/C31H36FN3O5/c1-19-26-22(27-23(28(33)37)17-24(32)29(35-27)39-16-15-36)9-6-10-25(26)40-31(19,20-7-4-3-5-8-20)18-34-21-11-13-30(2,38)14-12-21/h3-10,17,19,21,34,36,38H,11-16,18H2,1-2H3,(H2,33,37). The monoisotopic (exact) mass is 549 g/mol. The molecular weight excluding hydrogens is 513 g/mol. The van der Waals surface area contributed by atoms with Gasteiger partial charge in [-0.1, -0.05) is 49.4 Å². The smallest absolute Gasteiger partial charge is 0.251 e. The molecule has 1 aromatic heterocycles. The van der Waals surface area contributed by atoms with Gasteiger partial charge in [0.15, 0.2) is 11.4 Å². The minimum Gasteiger partial charge on any atom is -0.480 e. The van der Waals surface area contributed by atoms with Gasteiger partial charge in [0, 0.05) is 29.6 Å². The Morgan fingerprint density at radius 3 is 2.60 bits per heavy atom. The lowest BCUT2D eigenvalue weighted by Crippen LogP contribution is -2.49. The van der Waals surface area contributed by atoms with Gasteiger partial charge in [0.2, 0.25) is 0 Å². The average Bonchev–Trinajstić information content (AvgIpc) is 3.24. The molecule has 3 aromatic rings. The first kappa shape index (κ1) is 28.0. The fourth-order valence-corrected chi connectivity index (χ4v) is 5.97. The SMILES string of the molecule is CC1c2c(cccc2-c2nc(OCCO)c(F)cc2C(N)=O)OC1(CNC1CCC(C)(O)CC1)c1ccccc1. The maximum Gasteiger partial charge on any atom is 0.251 e. The summed E-state index contributed by atoms with van der Waals surface area (Å²) in [6.07, 6.45) is 3.19. The minimum atomic E-state index is -0.836. The van der Waals surface area contributed by atoms with Crippen LogP contribution in [0.1, 0.15) is 66.9 Å². The van der Waals surface area contributed by atoms with E-state index in [2.05, 4.69) is 17.2 Å².